The Kier molecular flexibility index (Phi) is 8.14. The molecule has 0 aliphatic heterocycles. The second kappa shape index (κ2) is 10.7. The number of aryl methyl sites for hydroxylation is 1. The van der Waals surface area contributed by atoms with Crippen molar-refractivity contribution in [1.29, 1.82) is 0 Å². The summed E-state index contributed by atoms with van der Waals surface area (Å²) in [4.78, 5) is 28.9. The predicted molar refractivity (Wildman–Crippen MR) is 137 cm³/mol. The molecule has 3 rings (SSSR count). The molecule has 0 bridgehead atoms. The summed E-state index contributed by atoms with van der Waals surface area (Å²) in [6.07, 6.45) is 0. The first-order chi connectivity index (χ1) is 16.9. The number of nitrogens with one attached hydrogen (secondary N) is 3. The number of benzene rings is 2. The normalized spacial score (nSPS) is 11.7. The molecule has 0 spiro atoms. The van der Waals surface area contributed by atoms with Gasteiger partial charge in [0, 0.05) is 17.5 Å². The maximum Gasteiger partial charge on any atom is 0.274 e. The fraction of sp³-hybridized carbons (Fsp3) is 0.292. The molecule has 0 saturated carbocycles. The average Bonchev–Trinajstić information content (AvgIpc) is 3.21. The van der Waals surface area contributed by atoms with E-state index in [1.807, 2.05) is 0 Å². The summed E-state index contributed by atoms with van der Waals surface area (Å²) in [7, 11) is -2.60. The number of carbonyl (C=O) groups excluding carboxylic acids is 2. The number of thiazole rings is 1. The SMILES string of the molecule is COc1ccc(-c2sc(NC(=O)C(C)(C)C)nc2C)cc1S(=O)(=O)NCc1ccc(C(=O)NO)cc1. The zero-order chi connectivity index (χ0) is 26.7. The van der Waals surface area contributed by atoms with Crippen LogP contribution >= 0.6 is 11.3 Å². The van der Waals surface area contributed by atoms with E-state index in [0.29, 0.717) is 22.0 Å². The molecular weight excluding hydrogens is 504 g/mol. The highest BCUT2D eigenvalue weighted by Crippen LogP contribution is 2.37. The van der Waals surface area contributed by atoms with Crippen molar-refractivity contribution in [2.75, 3.05) is 12.4 Å². The topological polar surface area (TPSA) is 147 Å². The third-order valence-electron chi connectivity index (χ3n) is 5.20. The lowest BCUT2D eigenvalue weighted by atomic mass is 9.96. The molecule has 1 aromatic heterocycles. The number of anilines is 1. The maximum atomic E-state index is 13.2. The molecule has 4 N–H and O–H groups in total. The van der Waals surface area contributed by atoms with Crippen molar-refractivity contribution in [2.45, 2.75) is 39.1 Å². The maximum absolute atomic E-state index is 13.2. The lowest BCUT2D eigenvalue weighted by Crippen LogP contribution is -2.27. The highest BCUT2D eigenvalue weighted by Gasteiger charge is 2.24. The van der Waals surface area contributed by atoms with Gasteiger partial charge in [-0.05, 0) is 48.4 Å². The Balaban J connectivity index is 1.86. The van der Waals surface area contributed by atoms with Crippen LogP contribution in [0.15, 0.2) is 47.4 Å². The molecule has 1 heterocycles. The zero-order valence-electron chi connectivity index (χ0n) is 20.5. The van der Waals surface area contributed by atoms with Crippen LogP contribution in [0.2, 0.25) is 0 Å². The first-order valence-electron chi connectivity index (χ1n) is 10.9. The summed E-state index contributed by atoms with van der Waals surface area (Å²) in [5.74, 6) is -0.664. The number of carbonyl (C=O) groups is 2. The molecule has 2 aromatic carbocycles. The van der Waals surface area contributed by atoms with Crippen molar-refractivity contribution in [3.63, 3.8) is 0 Å². The minimum absolute atomic E-state index is 0.0285. The number of nitrogens with zero attached hydrogens (tertiary/aromatic N) is 1. The number of ether oxygens (including phenoxy) is 1. The van der Waals surface area contributed by atoms with Crippen LogP contribution in [0.3, 0.4) is 0 Å². The molecule has 0 aliphatic rings. The van der Waals surface area contributed by atoms with E-state index in [1.165, 1.54) is 36.6 Å². The Morgan fingerprint density at radius 3 is 2.36 bits per heavy atom. The molecule has 0 saturated heterocycles. The van der Waals surface area contributed by atoms with Crippen LogP contribution in [-0.2, 0) is 21.4 Å². The fourth-order valence-corrected chi connectivity index (χ4v) is 5.29. The minimum Gasteiger partial charge on any atom is -0.495 e. The third-order valence-corrected chi connectivity index (χ3v) is 7.74. The second-order valence-corrected chi connectivity index (χ2v) is 11.7. The van der Waals surface area contributed by atoms with Crippen molar-refractivity contribution < 1.29 is 28.0 Å². The molecule has 0 atom stereocenters. The molecule has 192 valence electrons. The Bertz CT molecular complexity index is 1380. The van der Waals surface area contributed by atoms with Gasteiger partial charge in [0.05, 0.1) is 17.7 Å². The van der Waals surface area contributed by atoms with Crippen LogP contribution in [-0.4, -0.2) is 37.5 Å². The van der Waals surface area contributed by atoms with Crippen molar-refractivity contribution in [1.82, 2.24) is 15.2 Å². The summed E-state index contributed by atoms with van der Waals surface area (Å²) in [6.45, 7) is 7.17. The number of hydrogen-bond acceptors (Lipinski definition) is 8. The molecular formula is C24H28N4O6S2. The Morgan fingerprint density at radius 2 is 1.78 bits per heavy atom. The van der Waals surface area contributed by atoms with Crippen LogP contribution in [0.25, 0.3) is 10.4 Å². The van der Waals surface area contributed by atoms with E-state index >= 15 is 0 Å². The monoisotopic (exact) mass is 532 g/mol. The van der Waals surface area contributed by atoms with Crippen LogP contribution in [0, 0.1) is 12.3 Å². The highest BCUT2D eigenvalue weighted by molar-refractivity contribution is 7.89. The lowest BCUT2D eigenvalue weighted by molar-refractivity contribution is -0.123. The standard InChI is InChI=1S/C24H28N4O6S2/c1-14-20(35-23(26-14)27-22(30)24(2,3)4)17-10-11-18(34-5)19(12-17)36(32,33)25-13-15-6-8-16(9-7-15)21(29)28-31/h6-12,25,31H,13H2,1-5H3,(H,28,29)(H,26,27,30). The first-order valence-corrected chi connectivity index (χ1v) is 13.2. The molecule has 0 fully saturated rings. The van der Waals surface area contributed by atoms with Gasteiger partial charge < -0.3 is 10.1 Å². The fourth-order valence-electron chi connectivity index (χ4n) is 3.12. The Hall–Kier alpha value is -3.32. The van der Waals surface area contributed by atoms with Gasteiger partial charge in [-0.25, -0.2) is 23.6 Å². The molecule has 0 aliphatic carbocycles. The number of amides is 2. The summed E-state index contributed by atoms with van der Waals surface area (Å²) in [5.41, 5.74) is 3.07. The highest BCUT2D eigenvalue weighted by atomic mass is 32.2. The second-order valence-electron chi connectivity index (χ2n) is 8.97. The molecule has 10 nitrogen and oxygen atoms in total. The molecule has 3 aromatic rings. The van der Waals surface area contributed by atoms with Gasteiger partial charge in [0.25, 0.3) is 5.91 Å². The lowest BCUT2D eigenvalue weighted by Gasteiger charge is -2.15. The molecule has 12 heteroatoms. The van der Waals surface area contributed by atoms with E-state index in [0.717, 1.165) is 4.88 Å². The molecule has 36 heavy (non-hydrogen) atoms. The van der Waals surface area contributed by atoms with Gasteiger partial charge in [-0.15, -0.1) is 0 Å². The number of hydrogen-bond donors (Lipinski definition) is 4. The van der Waals surface area contributed by atoms with Gasteiger partial charge in [0.2, 0.25) is 15.9 Å². The van der Waals surface area contributed by atoms with Crippen molar-refractivity contribution in [3.8, 4) is 16.2 Å². The number of sulfonamides is 1. The average molecular weight is 533 g/mol. The van der Waals surface area contributed by atoms with Crippen molar-refractivity contribution in [2.24, 2.45) is 5.41 Å². The van der Waals surface area contributed by atoms with Crippen molar-refractivity contribution in [3.05, 3.63) is 59.3 Å². The summed E-state index contributed by atoms with van der Waals surface area (Å²) < 4.78 is 34.2. The Labute approximate surface area is 213 Å². The Morgan fingerprint density at radius 1 is 1.11 bits per heavy atom. The van der Waals surface area contributed by atoms with Crippen LogP contribution in [0.4, 0.5) is 5.13 Å². The first kappa shape index (κ1) is 27.3. The van der Waals surface area contributed by atoms with Gasteiger partial charge in [-0.2, -0.15) is 0 Å². The minimum atomic E-state index is -3.99. The van der Waals surface area contributed by atoms with Gasteiger partial charge in [0.15, 0.2) is 5.13 Å². The van der Waals surface area contributed by atoms with Crippen LogP contribution in [0.1, 0.15) is 42.4 Å². The van der Waals surface area contributed by atoms with Crippen LogP contribution in [0.5, 0.6) is 5.75 Å². The largest absolute Gasteiger partial charge is 0.495 e. The number of rotatable bonds is 8. The quantitative estimate of drug-likeness (QED) is 0.255. The van der Waals surface area contributed by atoms with Gasteiger partial charge >= 0.3 is 0 Å². The van der Waals surface area contributed by atoms with Gasteiger partial charge in [-0.3, -0.25) is 14.8 Å². The summed E-state index contributed by atoms with van der Waals surface area (Å²) in [5, 5.41) is 11.9. The number of aromatic nitrogens is 1. The predicted octanol–water partition coefficient (Wildman–Crippen LogP) is 3.71. The third kappa shape index (κ3) is 6.26. The van der Waals surface area contributed by atoms with Crippen LogP contribution < -0.4 is 20.3 Å². The molecule has 2 amide bonds. The van der Waals surface area contributed by atoms with E-state index in [1.54, 1.807) is 57.4 Å². The van der Waals surface area contributed by atoms with Gasteiger partial charge in [-0.1, -0.05) is 44.2 Å². The van der Waals surface area contributed by atoms with Gasteiger partial charge in [0.1, 0.15) is 10.6 Å². The van der Waals surface area contributed by atoms with E-state index in [-0.39, 0.29) is 28.7 Å². The van der Waals surface area contributed by atoms with Crippen molar-refractivity contribution >= 4 is 38.3 Å². The van der Waals surface area contributed by atoms with E-state index in [4.69, 9.17) is 9.94 Å². The summed E-state index contributed by atoms with van der Waals surface area (Å²) in [6, 6.07) is 10.9. The number of methoxy groups -OCH3 is 1. The van der Waals surface area contributed by atoms with E-state index < -0.39 is 21.3 Å². The summed E-state index contributed by atoms with van der Waals surface area (Å²) >= 11 is 1.26. The molecule has 0 unspecified atom stereocenters. The smallest absolute Gasteiger partial charge is 0.274 e. The zero-order valence-corrected chi connectivity index (χ0v) is 22.1. The van der Waals surface area contributed by atoms with E-state index in [9.17, 15) is 18.0 Å². The molecule has 0 radical (unpaired) electrons. The number of hydroxylamine groups is 1. The van der Waals surface area contributed by atoms with E-state index in [2.05, 4.69) is 15.0 Å².